The number of carbonyl (C=O) groups is 1. The Balaban J connectivity index is 1.91. The fourth-order valence-corrected chi connectivity index (χ4v) is 2.28. The van der Waals surface area contributed by atoms with E-state index < -0.39 is 0 Å². The van der Waals surface area contributed by atoms with E-state index in [9.17, 15) is 4.79 Å². The molecule has 0 atom stereocenters. The normalized spacial score (nSPS) is 10.5. The second kappa shape index (κ2) is 5.25. The van der Waals surface area contributed by atoms with E-state index in [1.54, 1.807) is 18.3 Å². The van der Waals surface area contributed by atoms with Gasteiger partial charge in [-0.1, -0.05) is 6.07 Å². The van der Waals surface area contributed by atoms with Crippen molar-refractivity contribution in [1.29, 1.82) is 0 Å². The number of carbonyl (C=O) groups excluding carboxylic acids is 1. The number of anilines is 3. The molecular formula is C17H15N3O. The van der Waals surface area contributed by atoms with Crippen LogP contribution in [0.25, 0.3) is 10.9 Å². The molecule has 104 valence electrons. The van der Waals surface area contributed by atoms with E-state index in [0.717, 1.165) is 22.3 Å². The van der Waals surface area contributed by atoms with Gasteiger partial charge in [0.2, 0.25) is 0 Å². The average Bonchev–Trinajstić information content (AvgIpc) is 2.47. The summed E-state index contributed by atoms with van der Waals surface area (Å²) >= 11 is 0. The van der Waals surface area contributed by atoms with Gasteiger partial charge in [0.15, 0.2) is 5.78 Å². The molecule has 0 saturated carbocycles. The summed E-state index contributed by atoms with van der Waals surface area (Å²) in [6.45, 7) is 1.51. The maximum absolute atomic E-state index is 11.4. The van der Waals surface area contributed by atoms with Crippen LogP contribution in [0.4, 0.5) is 17.1 Å². The minimum absolute atomic E-state index is 0.0316. The van der Waals surface area contributed by atoms with Gasteiger partial charge in [0.05, 0.1) is 5.52 Å². The maximum Gasteiger partial charge on any atom is 0.161 e. The summed E-state index contributed by atoms with van der Waals surface area (Å²) in [4.78, 5) is 15.7. The van der Waals surface area contributed by atoms with Gasteiger partial charge in [-0.2, -0.15) is 0 Å². The topological polar surface area (TPSA) is 68.0 Å². The maximum atomic E-state index is 11.4. The van der Waals surface area contributed by atoms with E-state index in [1.165, 1.54) is 6.92 Å². The molecule has 0 aliphatic heterocycles. The van der Waals surface area contributed by atoms with Gasteiger partial charge in [-0.05, 0) is 49.4 Å². The van der Waals surface area contributed by atoms with Crippen LogP contribution in [0.1, 0.15) is 17.3 Å². The van der Waals surface area contributed by atoms with Crippen LogP contribution in [0.5, 0.6) is 0 Å². The van der Waals surface area contributed by atoms with E-state index in [0.29, 0.717) is 11.3 Å². The number of benzene rings is 2. The minimum Gasteiger partial charge on any atom is -0.398 e. The van der Waals surface area contributed by atoms with Crippen molar-refractivity contribution < 1.29 is 4.79 Å². The third-order valence-corrected chi connectivity index (χ3v) is 3.32. The molecule has 3 N–H and O–H groups in total. The monoisotopic (exact) mass is 277 g/mol. The second-order valence-corrected chi connectivity index (χ2v) is 4.89. The number of pyridine rings is 1. The minimum atomic E-state index is -0.0316. The van der Waals surface area contributed by atoms with E-state index in [1.807, 2.05) is 36.4 Å². The Kier molecular flexibility index (Phi) is 3.28. The lowest BCUT2D eigenvalue weighted by atomic mass is 10.1. The van der Waals surface area contributed by atoms with E-state index in [2.05, 4.69) is 10.3 Å². The first-order valence-electron chi connectivity index (χ1n) is 6.66. The molecule has 0 radical (unpaired) electrons. The third-order valence-electron chi connectivity index (χ3n) is 3.32. The van der Waals surface area contributed by atoms with E-state index >= 15 is 0 Å². The van der Waals surface area contributed by atoms with Crippen LogP contribution in [-0.2, 0) is 0 Å². The van der Waals surface area contributed by atoms with Crippen LogP contribution in [-0.4, -0.2) is 10.8 Å². The van der Waals surface area contributed by atoms with Crippen molar-refractivity contribution in [2.45, 2.75) is 6.92 Å². The highest BCUT2D eigenvalue weighted by Gasteiger charge is 2.05. The van der Waals surface area contributed by atoms with Crippen molar-refractivity contribution in [2.24, 2.45) is 0 Å². The third kappa shape index (κ3) is 2.69. The Labute approximate surface area is 122 Å². The van der Waals surface area contributed by atoms with Crippen molar-refractivity contribution >= 4 is 33.7 Å². The number of Topliss-reactive ketones (excluding diaryl/α,β-unsaturated/α-hetero) is 1. The molecule has 21 heavy (non-hydrogen) atoms. The molecule has 1 heterocycles. The number of nitrogen functional groups attached to an aromatic ring is 1. The molecular weight excluding hydrogens is 262 g/mol. The first-order chi connectivity index (χ1) is 10.1. The molecule has 0 aliphatic carbocycles. The summed E-state index contributed by atoms with van der Waals surface area (Å²) in [6, 6.07) is 15.2. The van der Waals surface area contributed by atoms with Gasteiger partial charge in [-0.15, -0.1) is 0 Å². The Bertz CT molecular complexity index is 827. The summed E-state index contributed by atoms with van der Waals surface area (Å²) < 4.78 is 0. The molecule has 0 saturated heterocycles. The fraction of sp³-hybridized carbons (Fsp3) is 0.0588. The van der Waals surface area contributed by atoms with Crippen LogP contribution >= 0.6 is 0 Å². The number of aromatic nitrogens is 1. The molecule has 0 bridgehead atoms. The zero-order valence-corrected chi connectivity index (χ0v) is 11.6. The number of nitrogens with two attached hydrogens (primary N) is 1. The SMILES string of the molecule is CC(=O)c1ccc(Nc2ccc3ncccc3c2)cc1N. The van der Waals surface area contributed by atoms with Gasteiger partial charge in [0, 0.05) is 34.2 Å². The summed E-state index contributed by atoms with van der Waals surface area (Å²) in [5, 5.41) is 4.35. The smallest absolute Gasteiger partial charge is 0.161 e. The van der Waals surface area contributed by atoms with Crippen molar-refractivity contribution in [3.05, 3.63) is 60.3 Å². The molecule has 0 aliphatic rings. The van der Waals surface area contributed by atoms with Gasteiger partial charge in [-0.25, -0.2) is 0 Å². The zero-order chi connectivity index (χ0) is 14.8. The first kappa shape index (κ1) is 13.1. The molecule has 0 unspecified atom stereocenters. The lowest BCUT2D eigenvalue weighted by molar-refractivity contribution is 0.101. The van der Waals surface area contributed by atoms with Crippen LogP contribution in [0.3, 0.4) is 0 Å². The van der Waals surface area contributed by atoms with Gasteiger partial charge >= 0.3 is 0 Å². The highest BCUT2D eigenvalue weighted by molar-refractivity contribution is 5.99. The molecule has 4 nitrogen and oxygen atoms in total. The van der Waals surface area contributed by atoms with Crippen LogP contribution < -0.4 is 11.1 Å². The standard InChI is InChI=1S/C17H15N3O/c1-11(21)15-6-4-14(10-16(15)18)20-13-5-7-17-12(9-13)3-2-8-19-17/h2-10,20H,18H2,1H3. The number of ketones is 1. The average molecular weight is 277 g/mol. The summed E-state index contributed by atoms with van der Waals surface area (Å²) in [6.07, 6.45) is 1.77. The fourth-order valence-electron chi connectivity index (χ4n) is 2.28. The van der Waals surface area contributed by atoms with Crippen molar-refractivity contribution in [1.82, 2.24) is 4.98 Å². The van der Waals surface area contributed by atoms with Crippen LogP contribution in [0.2, 0.25) is 0 Å². The molecule has 1 aromatic heterocycles. The zero-order valence-electron chi connectivity index (χ0n) is 11.6. The van der Waals surface area contributed by atoms with E-state index in [-0.39, 0.29) is 5.78 Å². The van der Waals surface area contributed by atoms with Crippen LogP contribution in [0, 0.1) is 0 Å². The Morgan fingerprint density at radius 1 is 1.10 bits per heavy atom. The molecule has 2 aromatic carbocycles. The lowest BCUT2D eigenvalue weighted by Gasteiger charge is -2.10. The Morgan fingerprint density at radius 2 is 1.86 bits per heavy atom. The predicted molar refractivity (Wildman–Crippen MR) is 85.9 cm³/mol. The lowest BCUT2D eigenvalue weighted by Crippen LogP contribution is -2.00. The number of nitrogens with zero attached hydrogens (tertiary/aromatic N) is 1. The molecule has 4 heteroatoms. The largest absolute Gasteiger partial charge is 0.398 e. The van der Waals surface area contributed by atoms with Crippen molar-refractivity contribution in [2.75, 3.05) is 11.1 Å². The molecule has 0 spiro atoms. The van der Waals surface area contributed by atoms with Gasteiger partial charge < -0.3 is 11.1 Å². The quantitative estimate of drug-likeness (QED) is 0.565. The van der Waals surface area contributed by atoms with E-state index in [4.69, 9.17) is 5.73 Å². The molecule has 0 amide bonds. The number of nitrogens with one attached hydrogen (secondary N) is 1. The Morgan fingerprint density at radius 3 is 2.62 bits per heavy atom. The Hall–Kier alpha value is -2.88. The summed E-state index contributed by atoms with van der Waals surface area (Å²) in [5.74, 6) is -0.0316. The summed E-state index contributed by atoms with van der Waals surface area (Å²) in [5.41, 5.74) is 9.67. The van der Waals surface area contributed by atoms with Gasteiger partial charge in [0.1, 0.15) is 0 Å². The number of fused-ring (bicyclic) bond motifs is 1. The van der Waals surface area contributed by atoms with Crippen LogP contribution in [0.15, 0.2) is 54.7 Å². The summed E-state index contributed by atoms with van der Waals surface area (Å²) in [7, 11) is 0. The number of hydrogen-bond acceptors (Lipinski definition) is 4. The molecule has 3 aromatic rings. The highest BCUT2D eigenvalue weighted by Crippen LogP contribution is 2.24. The van der Waals surface area contributed by atoms with Crippen molar-refractivity contribution in [3.8, 4) is 0 Å². The van der Waals surface area contributed by atoms with Gasteiger partial charge in [0.25, 0.3) is 0 Å². The van der Waals surface area contributed by atoms with Gasteiger partial charge in [-0.3, -0.25) is 9.78 Å². The van der Waals surface area contributed by atoms with Crippen molar-refractivity contribution in [3.63, 3.8) is 0 Å². The number of rotatable bonds is 3. The highest BCUT2D eigenvalue weighted by atomic mass is 16.1. The molecule has 3 rings (SSSR count). The second-order valence-electron chi connectivity index (χ2n) is 4.89. The first-order valence-corrected chi connectivity index (χ1v) is 6.66. The predicted octanol–water partition coefficient (Wildman–Crippen LogP) is 3.76. The number of hydrogen-bond donors (Lipinski definition) is 2. The molecule has 0 fully saturated rings.